The molecule has 2 aromatic carbocycles. The van der Waals surface area contributed by atoms with Gasteiger partial charge in [0.05, 0.1) is 6.42 Å². The molecule has 0 atom stereocenters. The van der Waals surface area contributed by atoms with Gasteiger partial charge in [-0.15, -0.1) is 0 Å². The third kappa shape index (κ3) is 6.09. The van der Waals surface area contributed by atoms with Crippen molar-refractivity contribution in [3.05, 3.63) is 71.3 Å². The van der Waals surface area contributed by atoms with Crippen LogP contribution < -0.4 is 5.32 Å². The third-order valence-corrected chi connectivity index (χ3v) is 7.79. The molecule has 7 heteroatoms. The summed E-state index contributed by atoms with van der Waals surface area (Å²) in [5.74, 6) is -0.635. The van der Waals surface area contributed by atoms with Gasteiger partial charge in [-0.2, -0.15) is 0 Å². The number of rotatable bonds is 8. The van der Waals surface area contributed by atoms with Crippen molar-refractivity contribution in [2.75, 3.05) is 13.1 Å². The van der Waals surface area contributed by atoms with Crippen LogP contribution in [0.4, 0.5) is 0 Å². The second-order valence-corrected chi connectivity index (χ2v) is 11.3. The number of hydrogen-bond acceptors (Lipinski definition) is 4. The fourth-order valence-electron chi connectivity index (χ4n) is 5.50. The van der Waals surface area contributed by atoms with Crippen molar-refractivity contribution >= 4 is 23.5 Å². The van der Waals surface area contributed by atoms with Gasteiger partial charge >= 0.3 is 5.97 Å². The van der Waals surface area contributed by atoms with Crippen LogP contribution in [0.1, 0.15) is 74.4 Å². The van der Waals surface area contributed by atoms with Gasteiger partial charge in [-0.25, -0.2) is 0 Å². The summed E-state index contributed by atoms with van der Waals surface area (Å²) < 4.78 is 0. The lowest BCUT2D eigenvalue weighted by molar-refractivity contribution is -0.136. The molecule has 2 aliphatic rings. The first-order chi connectivity index (χ1) is 17.6. The van der Waals surface area contributed by atoms with E-state index >= 15 is 0 Å². The summed E-state index contributed by atoms with van der Waals surface area (Å²) in [6.45, 7) is 7.53. The molecule has 1 fully saturated rings. The molecule has 7 nitrogen and oxygen atoms in total. The van der Waals surface area contributed by atoms with Gasteiger partial charge < -0.3 is 15.3 Å². The van der Waals surface area contributed by atoms with E-state index < -0.39 is 11.6 Å². The fraction of sp³-hybridized carbons (Fsp3) is 0.467. The summed E-state index contributed by atoms with van der Waals surface area (Å²) in [5.41, 5.74) is 2.69. The lowest BCUT2D eigenvalue weighted by Gasteiger charge is -2.45. The van der Waals surface area contributed by atoms with Gasteiger partial charge in [0.1, 0.15) is 11.4 Å². The first kappa shape index (κ1) is 26.6. The van der Waals surface area contributed by atoms with Gasteiger partial charge in [0.15, 0.2) is 0 Å². The molecule has 1 aliphatic carbocycles. The molecule has 0 aromatic heterocycles. The number of carboxylic acids is 1. The van der Waals surface area contributed by atoms with Gasteiger partial charge in [-0.05, 0) is 61.1 Å². The molecule has 0 bridgehead atoms. The van der Waals surface area contributed by atoms with Gasteiger partial charge in [0.2, 0.25) is 0 Å². The monoisotopic (exact) mass is 503 g/mol. The first-order valence-corrected chi connectivity index (χ1v) is 13.2. The van der Waals surface area contributed by atoms with E-state index in [2.05, 4.69) is 26.1 Å². The molecule has 2 amide bonds. The Kier molecular flexibility index (Phi) is 7.81. The summed E-state index contributed by atoms with van der Waals surface area (Å²) in [6, 6.07) is 17.0. The molecule has 1 spiro atoms. The molecule has 4 rings (SSSR count). The minimum absolute atomic E-state index is 0.00478. The van der Waals surface area contributed by atoms with Crippen molar-refractivity contribution in [3.8, 4) is 0 Å². The summed E-state index contributed by atoms with van der Waals surface area (Å²) in [7, 11) is 0. The van der Waals surface area contributed by atoms with Gasteiger partial charge in [-0.3, -0.25) is 19.4 Å². The third-order valence-electron chi connectivity index (χ3n) is 7.79. The number of nitrogens with zero attached hydrogens (tertiary/aromatic N) is 2. The van der Waals surface area contributed by atoms with Crippen LogP contribution in [0.25, 0.3) is 0 Å². The quantitative estimate of drug-likeness (QED) is 0.546. The number of carbonyl (C=O) groups excluding carboxylic acids is 2. The number of aliphatic carboxylic acids is 1. The highest BCUT2D eigenvalue weighted by molar-refractivity contribution is 6.46. The van der Waals surface area contributed by atoms with Crippen molar-refractivity contribution in [2.24, 2.45) is 16.3 Å². The minimum atomic E-state index is -0.948. The van der Waals surface area contributed by atoms with Gasteiger partial charge in [0, 0.05) is 24.2 Å². The lowest BCUT2D eigenvalue weighted by Crippen LogP contribution is -2.50. The number of carbonyl (C=O) groups is 3. The SMILES string of the molecule is CC(C)(C)C1CCC2(CC1)N=C(c1ccccc1)C(=O)N2CCc1ccc(C(=O)NCCC(=O)O)cc1. The van der Waals surface area contributed by atoms with E-state index in [-0.39, 0.29) is 30.2 Å². The molecule has 0 radical (unpaired) electrons. The Morgan fingerprint density at radius 1 is 1.05 bits per heavy atom. The summed E-state index contributed by atoms with van der Waals surface area (Å²) in [4.78, 5) is 43.7. The van der Waals surface area contributed by atoms with E-state index in [1.54, 1.807) is 12.1 Å². The van der Waals surface area contributed by atoms with E-state index in [1.807, 2.05) is 47.4 Å². The van der Waals surface area contributed by atoms with Crippen LogP contribution in [0.5, 0.6) is 0 Å². The lowest BCUT2D eigenvalue weighted by atomic mass is 9.69. The van der Waals surface area contributed by atoms with Crippen LogP contribution in [0.3, 0.4) is 0 Å². The molecule has 196 valence electrons. The average Bonchev–Trinajstić information content (AvgIpc) is 3.13. The predicted octanol–water partition coefficient (Wildman–Crippen LogP) is 4.70. The number of aliphatic imine (C=N–C) groups is 1. The van der Waals surface area contributed by atoms with E-state index in [9.17, 15) is 14.4 Å². The zero-order valence-electron chi connectivity index (χ0n) is 22.0. The van der Waals surface area contributed by atoms with Crippen molar-refractivity contribution < 1.29 is 19.5 Å². The van der Waals surface area contributed by atoms with E-state index in [4.69, 9.17) is 10.1 Å². The zero-order valence-corrected chi connectivity index (χ0v) is 22.0. The Labute approximate surface area is 219 Å². The summed E-state index contributed by atoms with van der Waals surface area (Å²) in [5, 5.41) is 11.4. The van der Waals surface area contributed by atoms with Crippen LogP contribution in [-0.2, 0) is 16.0 Å². The van der Waals surface area contributed by atoms with Crippen LogP contribution in [0.15, 0.2) is 59.6 Å². The highest BCUT2D eigenvalue weighted by atomic mass is 16.4. The van der Waals surface area contributed by atoms with Crippen molar-refractivity contribution in [2.45, 2.75) is 65.0 Å². The van der Waals surface area contributed by atoms with Crippen LogP contribution in [0, 0.1) is 11.3 Å². The van der Waals surface area contributed by atoms with Crippen LogP contribution in [0.2, 0.25) is 0 Å². The Morgan fingerprint density at radius 2 is 1.70 bits per heavy atom. The molecule has 0 unspecified atom stereocenters. The van der Waals surface area contributed by atoms with Gasteiger partial charge in [-0.1, -0.05) is 63.2 Å². The highest BCUT2D eigenvalue weighted by Gasteiger charge is 2.49. The van der Waals surface area contributed by atoms with E-state index in [0.717, 1.165) is 36.8 Å². The van der Waals surface area contributed by atoms with Gasteiger partial charge in [0.25, 0.3) is 11.8 Å². The minimum Gasteiger partial charge on any atom is -0.481 e. The van der Waals surface area contributed by atoms with Crippen LogP contribution >= 0.6 is 0 Å². The van der Waals surface area contributed by atoms with E-state index in [0.29, 0.717) is 30.2 Å². The fourth-order valence-corrected chi connectivity index (χ4v) is 5.50. The smallest absolute Gasteiger partial charge is 0.305 e. The maximum Gasteiger partial charge on any atom is 0.305 e. The molecule has 1 aliphatic heterocycles. The molecule has 37 heavy (non-hydrogen) atoms. The summed E-state index contributed by atoms with van der Waals surface area (Å²) >= 11 is 0. The van der Waals surface area contributed by atoms with E-state index in [1.165, 1.54) is 0 Å². The van der Waals surface area contributed by atoms with Crippen LogP contribution in [-0.4, -0.2) is 52.3 Å². The average molecular weight is 504 g/mol. The van der Waals surface area contributed by atoms with Crippen molar-refractivity contribution in [1.82, 2.24) is 10.2 Å². The van der Waals surface area contributed by atoms with Crippen molar-refractivity contribution in [1.29, 1.82) is 0 Å². The standard InChI is InChI=1S/C30H37N3O4/c1-29(2,3)24-13-17-30(18-14-24)32-26(22-7-5-4-6-8-22)28(37)33(30)20-16-21-9-11-23(12-10-21)27(36)31-19-15-25(34)35/h4-12,24H,13-20H2,1-3H3,(H,31,36)(H,34,35). The van der Waals surface area contributed by atoms with Crippen molar-refractivity contribution in [3.63, 3.8) is 0 Å². The molecular weight excluding hydrogens is 466 g/mol. The second kappa shape index (κ2) is 10.9. The molecular formula is C30H37N3O4. The Morgan fingerprint density at radius 3 is 2.30 bits per heavy atom. The maximum absolute atomic E-state index is 13.7. The Hall–Kier alpha value is -3.48. The second-order valence-electron chi connectivity index (χ2n) is 11.3. The molecule has 2 aromatic rings. The number of amides is 2. The number of benzene rings is 2. The topological polar surface area (TPSA) is 99.1 Å². The normalized spacial score (nSPS) is 21.7. The zero-order chi connectivity index (χ0) is 26.6. The highest BCUT2D eigenvalue weighted by Crippen LogP contribution is 2.46. The largest absolute Gasteiger partial charge is 0.481 e. The number of hydrogen-bond donors (Lipinski definition) is 2. The number of carboxylic acid groups (broad SMARTS) is 1. The summed E-state index contributed by atoms with van der Waals surface area (Å²) in [6.07, 6.45) is 4.38. The molecule has 0 saturated heterocycles. The Bertz CT molecular complexity index is 1160. The number of nitrogens with one attached hydrogen (secondary N) is 1. The first-order valence-electron chi connectivity index (χ1n) is 13.2. The predicted molar refractivity (Wildman–Crippen MR) is 144 cm³/mol. The Balaban J connectivity index is 1.47. The maximum atomic E-state index is 13.7. The molecule has 2 N–H and O–H groups in total. The molecule has 1 heterocycles. The molecule has 1 saturated carbocycles.